The molecule has 1 heterocycles. The largest absolute Gasteiger partial charge is 0.479 e. The van der Waals surface area contributed by atoms with Gasteiger partial charge in [-0.25, -0.2) is 9.59 Å². The number of hydrogen-bond acceptors (Lipinski definition) is 6. The molecule has 1 fully saturated rings. The van der Waals surface area contributed by atoms with E-state index in [0.29, 0.717) is 0 Å². The van der Waals surface area contributed by atoms with E-state index in [2.05, 4.69) is 17.4 Å². The van der Waals surface area contributed by atoms with Crippen molar-refractivity contribution in [1.82, 2.24) is 15.1 Å². The predicted octanol–water partition coefficient (Wildman–Crippen LogP) is 2.16. The summed E-state index contributed by atoms with van der Waals surface area (Å²) in [7, 11) is 4.98. The van der Waals surface area contributed by atoms with Crippen molar-refractivity contribution in [1.29, 1.82) is 0 Å². The Hall–Kier alpha value is -3.43. The molecule has 2 amide bonds. The van der Waals surface area contributed by atoms with Gasteiger partial charge in [0.2, 0.25) is 5.91 Å². The number of nitrogens with one attached hydrogen (secondary N) is 1. The first-order valence-corrected chi connectivity index (χ1v) is 11.6. The van der Waals surface area contributed by atoms with Gasteiger partial charge in [-0.3, -0.25) is 4.79 Å². The first-order valence-electron chi connectivity index (χ1n) is 11.6. The predicted molar refractivity (Wildman–Crippen MR) is 129 cm³/mol. The van der Waals surface area contributed by atoms with Crippen molar-refractivity contribution in [2.45, 2.75) is 23.9 Å². The minimum Gasteiger partial charge on any atom is -0.479 e. The number of likely N-dealkylation sites (N-methyl/N-ethyl adjacent to an activating group) is 2. The van der Waals surface area contributed by atoms with Gasteiger partial charge in [0, 0.05) is 32.5 Å². The topological polar surface area (TPSA) is 108 Å². The van der Waals surface area contributed by atoms with Crippen molar-refractivity contribution in [2.75, 3.05) is 47.5 Å². The third-order valence-corrected chi connectivity index (χ3v) is 6.85. The van der Waals surface area contributed by atoms with Gasteiger partial charge in [-0.1, -0.05) is 48.5 Å². The summed E-state index contributed by atoms with van der Waals surface area (Å²) < 4.78 is 10.9. The van der Waals surface area contributed by atoms with Gasteiger partial charge in [0.15, 0.2) is 5.54 Å². The van der Waals surface area contributed by atoms with Gasteiger partial charge in [0.05, 0.1) is 6.61 Å². The number of alkyl carbamates (subject to hydrolysis) is 1. The van der Waals surface area contributed by atoms with Crippen LogP contribution in [0.1, 0.15) is 23.5 Å². The zero-order valence-corrected chi connectivity index (χ0v) is 20.2. The Kier molecular flexibility index (Phi) is 7.09. The van der Waals surface area contributed by atoms with Gasteiger partial charge in [-0.2, -0.15) is 0 Å². The van der Waals surface area contributed by atoms with Crippen LogP contribution in [-0.2, 0) is 19.1 Å². The molecule has 4 rings (SSSR count). The standard InChI is InChI=1S/C26H31N3O6/c1-28(2)14-22(23(30)29(3)26(24(31)32)12-13-34-16-26)27-25(33)35-15-21-19-10-6-4-8-17(19)18-9-5-7-11-20(18)21/h4-11,21-22H,12-16H2,1-3H3,(H,27,33)(H,31,32)/t22-,26?/m0/s1. The van der Waals surface area contributed by atoms with E-state index in [1.165, 1.54) is 11.9 Å². The fourth-order valence-corrected chi connectivity index (χ4v) is 4.91. The van der Waals surface area contributed by atoms with Crippen LogP contribution >= 0.6 is 0 Å². The molecule has 2 atom stereocenters. The van der Waals surface area contributed by atoms with Crippen molar-refractivity contribution >= 4 is 18.0 Å². The lowest BCUT2D eigenvalue weighted by Crippen LogP contribution is -2.62. The highest BCUT2D eigenvalue weighted by Gasteiger charge is 2.49. The van der Waals surface area contributed by atoms with E-state index in [0.717, 1.165) is 22.3 Å². The van der Waals surface area contributed by atoms with Crippen molar-refractivity contribution in [3.8, 4) is 11.1 Å². The van der Waals surface area contributed by atoms with Crippen molar-refractivity contribution in [3.63, 3.8) is 0 Å². The number of carboxylic acid groups (broad SMARTS) is 1. The number of fused-ring (bicyclic) bond motifs is 3. The van der Waals surface area contributed by atoms with Crippen LogP contribution in [0.5, 0.6) is 0 Å². The second kappa shape index (κ2) is 10.1. The number of benzene rings is 2. The quantitative estimate of drug-likeness (QED) is 0.595. The first kappa shape index (κ1) is 24.7. The number of hydrogen-bond donors (Lipinski definition) is 2. The third kappa shape index (κ3) is 4.74. The summed E-state index contributed by atoms with van der Waals surface area (Å²) in [5.74, 6) is -1.75. The highest BCUT2D eigenvalue weighted by atomic mass is 16.5. The van der Waals surface area contributed by atoms with Crippen molar-refractivity contribution in [3.05, 3.63) is 59.7 Å². The summed E-state index contributed by atoms with van der Waals surface area (Å²) in [5.41, 5.74) is 2.97. The number of amides is 2. The average Bonchev–Trinajstić information content (AvgIpc) is 3.46. The van der Waals surface area contributed by atoms with Crippen LogP contribution in [0.2, 0.25) is 0 Å². The van der Waals surface area contributed by atoms with E-state index in [9.17, 15) is 19.5 Å². The summed E-state index contributed by atoms with van der Waals surface area (Å²) in [6.45, 7) is 0.460. The average molecular weight is 482 g/mol. The molecule has 2 aromatic rings. The lowest BCUT2D eigenvalue weighted by atomic mass is 9.96. The summed E-state index contributed by atoms with van der Waals surface area (Å²) in [6, 6.07) is 15.1. The zero-order valence-electron chi connectivity index (χ0n) is 20.2. The molecule has 35 heavy (non-hydrogen) atoms. The molecular weight excluding hydrogens is 450 g/mol. The second-order valence-corrected chi connectivity index (χ2v) is 9.32. The van der Waals surface area contributed by atoms with E-state index >= 15 is 0 Å². The Morgan fingerprint density at radius 2 is 1.69 bits per heavy atom. The number of rotatable bonds is 8. The van der Waals surface area contributed by atoms with Gasteiger partial charge in [-0.05, 0) is 36.3 Å². The molecule has 9 nitrogen and oxygen atoms in total. The first-order chi connectivity index (χ1) is 16.7. The van der Waals surface area contributed by atoms with Gasteiger partial charge < -0.3 is 29.7 Å². The van der Waals surface area contributed by atoms with Crippen LogP contribution in [0.25, 0.3) is 11.1 Å². The SMILES string of the molecule is CN(C)C[C@H](NC(=O)OCC1c2ccccc2-c2ccccc21)C(=O)N(C)C1(C(=O)O)CCOC1. The molecule has 186 valence electrons. The molecule has 1 aliphatic heterocycles. The Bertz CT molecular complexity index is 1070. The summed E-state index contributed by atoms with van der Waals surface area (Å²) in [6.07, 6.45) is -0.544. The van der Waals surface area contributed by atoms with E-state index in [-0.39, 0.29) is 38.7 Å². The van der Waals surface area contributed by atoms with Crippen LogP contribution in [-0.4, -0.2) is 92.0 Å². The molecule has 0 radical (unpaired) electrons. The number of aliphatic carboxylic acids is 1. The fraction of sp³-hybridized carbons (Fsp3) is 0.423. The molecular formula is C26H31N3O6. The Morgan fingerprint density at radius 1 is 1.09 bits per heavy atom. The van der Waals surface area contributed by atoms with E-state index < -0.39 is 29.6 Å². The van der Waals surface area contributed by atoms with Crippen molar-refractivity contribution < 1.29 is 29.0 Å². The summed E-state index contributed by atoms with van der Waals surface area (Å²) in [5, 5.41) is 12.5. The smallest absolute Gasteiger partial charge is 0.407 e. The molecule has 2 aliphatic rings. The zero-order chi connectivity index (χ0) is 25.2. The number of ether oxygens (including phenoxy) is 2. The van der Waals surface area contributed by atoms with Gasteiger partial charge in [0.25, 0.3) is 0 Å². The fourth-order valence-electron chi connectivity index (χ4n) is 4.91. The van der Waals surface area contributed by atoms with Crippen LogP contribution in [0.4, 0.5) is 4.79 Å². The molecule has 0 aromatic heterocycles. The lowest BCUT2D eigenvalue weighted by Gasteiger charge is -2.36. The second-order valence-electron chi connectivity index (χ2n) is 9.32. The van der Waals surface area contributed by atoms with E-state index in [1.54, 1.807) is 19.0 Å². The molecule has 0 bridgehead atoms. The van der Waals surface area contributed by atoms with Crippen LogP contribution in [0.3, 0.4) is 0 Å². The molecule has 1 saturated heterocycles. The lowest BCUT2D eigenvalue weighted by molar-refractivity contribution is -0.158. The minimum atomic E-state index is -1.45. The Balaban J connectivity index is 1.46. The molecule has 0 saturated carbocycles. The van der Waals surface area contributed by atoms with E-state index in [4.69, 9.17) is 9.47 Å². The molecule has 2 N–H and O–H groups in total. The number of carbonyl (C=O) groups excluding carboxylic acids is 2. The maximum atomic E-state index is 13.3. The Morgan fingerprint density at radius 3 is 2.20 bits per heavy atom. The number of carbonyl (C=O) groups is 3. The highest BCUT2D eigenvalue weighted by Crippen LogP contribution is 2.44. The molecule has 0 spiro atoms. The maximum Gasteiger partial charge on any atom is 0.407 e. The van der Waals surface area contributed by atoms with Gasteiger partial charge in [0.1, 0.15) is 12.6 Å². The number of nitrogens with zero attached hydrogens (tertiary/aromatic N) is 2. The van der Waals surface area contributed by atoms with Crippen LogP contribution in [0, 0.1) is 0 Å². The third-order valence-electron chi connectivity index (χ3n) is 6.85. The molecule has 1 aliphatic carbocycles. The number of carboxylic acids is 1. The molecule has 2 aromatic carbocycles. The molecule has 9 heteroatoms. The Labute approximate surface area is 204 Å². The summed E-state index contributed by atoms with van der Waals surface area (Å²) in [4.78, 5) is 41.0. The monoisotopic (exact) mass is 481 g/mol. The van der Waals surface area contributed by atoms with Crippen LogP contribution in [0.15, 0.2) is 48.5 Å². The maximum absolute atomic E-state index is 13.3. The highest BCUT2D eigenvalue weighted by molar-refractivity contribution is 5.91. The van der Waals surface area contributed by atoms with Gasteiger partial charge >= 0.3 is 12.1 Å². The van der Waals surface area contributed by atoms with Crippen molar-refractivity contribution in [2.24, 2.45) is 0 Å². The van der Waals surface area contributed by atoms with E-state index in [1.807, 2.05) is 36.4 Å². The summed E-state index contributed by atoms with van der Waals surface area (Å²) >= 11 is 0. The van der Waals surface area contributed by atoms with Crippen LogP contribution < -0.4 is 5.32 Å². The van der Waals surface area contributed by atoms with Gasteiger partial charge in [-0.15, -0.1) is 0 Å². The molecule has 1 unspecified atom stereocenters. The minimum absolute atomic E-state index is 0.0931. The normalized spacial score (nSPS) is 19.7.